The van der Waals surface area contributed by atoms with Crippen molar-refractivity contribution in [3.63, 3.8) is 0 Å². The minimum Gasteiger partial charge on any atom is -0.343 e. The molecule has 3 aromatic rings. The summed E-state index contributed by atoms with van der Waals surface area (Å²) < 4.78 is 1.83. The highest BCUT2D eigenvalue weighted by molar-refractivity contribution is 5.92. The number of carbonyl (C=O) groups excluding carboxylic acids is 2. The topological polar surface area (TPSA) is 80.1 Å². The number of fused-ring (bicyclic) bond motifs is 1. The molecule has 7 heteroatoms. The number of pyridine rings is 1. The molecule has 1 N–H and O–H groups in total. The Morgan fingerprint density at radius 1 is 1.07 bits per heavy atom. The molecule has 0 saturated carbocycles. The summed E-state index contributed by atoms with van der Waals surface area (Å²) in [7, 11) is 0. The van der Waals surface area contributed by atoms with Gasteiger partial charge in [0.05, 0.1) is 17.6 Å². The molecule has 0 atom stereocenters. The van der Waals surface area contributed by atoms with Crippen LogP contribution in [-0.2, 0) is 17.9 Å². The Bertz CT molecular complexity index is 1020. The van der Waals surface area contributed by atoms with Gasteiger partial charge in [0.2, 0.25) is 5.91 Å². The van der Waals surface area contributed by atoms with Gasteiger partial charge in [0.1, 0.15) is 18.1 Å². The number of benzene rings is 1. The SMILES string of the molecule is C=CCN(CC=C)C(=O)Cn1c(CNC(=O)c2ccccn2)nc2ccccc21. The lowest BCUT2D eigenvalue weighted by Gasteiger charge is -2.20. The summed E-state index contributed by atoms with van der Waals surface area (Å²) in [5.41, 5.74) is 1.93. The molecule has 2 amide bonds. The van der Waals surface area contributed by atoms with Crippen LogP contribution in [0, 0.1) is 0 Å². The smallest absolute Gasteiger partial charge is 0.270 e. The molecule has 3 rings (SSSR count). The average Bonchev–Trinajstić information content (AvgIpc) is 3.10. The molecule has 7 nitrogen and oxygen atoms in total. The molecule has 1 aromatic carbocycles. The third-order valence-electron chi connectivity index (χ3n) is 4.38. The first kappa shape index (κ1) is 20.0. The molecule has 0 unspecified atom stereocenters. The number of amides is 2. The summed E-state index contributed by atoms with van der Waals surface area (Å²) in [5, 5.41) is 2.83. The maximum absolute atomic E-state index is 12.8. The van der Waals surface area contributed by atoms with Gasteiger partial charge in [-0.05, 0) is 24.3 Å². The number of para-hydroxylation sites is 2. The van der Waals surface area contributed by atoms with Crippen molar-refractivity contribution in [2.75, 3.05) is 13.1 Å². The Morgan fingerprint density at radius 2 is 1.79 bits per heavy atom. The monoisotopic (exact) mass is 389 g/mol. The molecular formula is C22H23N5O2. The largest absolute Gasteiger partial charge is 0.343 e. The van der Waals surface area contributed by atoms with Crippen molar-refractivity contribution in [1.29, 1.82) is 0 Å². The van der Waals surface area contributed by atoms with Crippen LogP contribution in [0.25, 0.3) is 11.0 Å². The van der Waals surface area contributed by atoms with E-state index in [0.717, 1.165) is 11.0 Å². The van der Waals surface area contributed by atoms with E-state index in [1.807, 2.05) is 28.8 Å². The Labute approximate surface area is 169 Å². The summed E-state index contributed by atoms with van der Waals surface area (Å²) in [6.45, 7) is 8.57. The predicted molar refractivity (Wildman–Crippen MR) is 112 cm³/mol. The van der Waals surface area contributed by atoms with Gasteiger partial charge in [0, 0.05) is 19.3 Å². The van der Waals surface area contributed by atoms with E-state index >= 15 is 0 Å². The quantitative estimate of drug-likeness (QED) is 0.571. The first-order chi connectivity index (χ1) is 14.1. The van der Waals surface area contributed by atoms with Crippen molar-refractivity contribution in [3.05, 3.63) is 85.5 Å². The minimum atomic E-state index is -0.296. The third kappa shape index (κ3) is 4.76. The summed E-state index contributed by atoms with van der Waals surface area (Å²) in [6, 6.07) is 12.7. The van der Waals surface area contributed by atoms with Crippen LogP contribution in [0.1, 0.15) is 16.3 Å². The zero-order valence-corrected chi connectivity index (χ0v) is 16.1. The Balaban J connectivity index is 1.84. The van der Waals surface area contributed by atoms with Gasteiger partial charge in [-0.3, -0.25) is 14.6 Å². The second-order valence-corrected chi connectivity index (χ2v) is 6.38. The van der Waals surface area contributed by atoms with Crippen molar-refractivity contribution in [2.45, 2.75) is 13.1 Å². The van der Waals surface area contributed by atoms with E-state index in [2.05, 4.69) is 28.4 Å². The fourth-order valence-electron chi connectivity index (χ4n) is 3.01. The van der Waals surface area contributed by atoms with Crippen LogP contribution in [-0.4, -0.2) is 44.3 Å². The number of nitrogens with one attached hydrogen (secondary N) is 1. The number of imidazole rings is 1. The molecule has 29 heavy (non-hydrogen) atoms. The van der Waals surface area contributed by atoms with Crippen LogP contribution in [0.2, 0.25) is 0 Å². The van der Waals surface area contributed by atoms with Crippen LogP contribution in [0.5, 0.6) is 0 Å². The van der Waals surface area contributed by atoms with E-state index in [1.165, 1.54) is 0 Å². The normalized spacial score (nSPS) is 10.5. The summed E-state index contributed by atoms with van der Waals surface area (Å²) >= 11 is 0. The van der Waals surface area contributed by atoms with E-state index in [1.54, 1.807) is 41.4 Å². The van der Waals surface area contributed by atoms with Crippen molar-refractivity contribution < 1.29 is 9.59 Å². The molecule has 0 radical (unpaired) electrons. The fraction of sp³-hybridized carbons (Fsp3) is 0.182. The van der Waals surface area contributed by atoms with Gasteiger partial charge in [-0.1, -0.05) is 30.4 Å². The molecule has 2 aromatic heterocycles. The fourth-order valence-corrected chi connectivity index (χ4v) is 3.01. The Morgan fingerprint density at radius 3 is 2.48 bits per heavy atom. The van der Waals surface area contributed by atoms with E-state index < -0.39 is 0 Å². The maximum atomic E-state index is 12.8. The minimum absolute atomic E-state index is 0.0785. The zero-order chi connectivity index (χ0) is 20.6. The van der Waals surface area contributed by atoms with Gasteiger partial charge < -0.3 is 14.8 Å². The highest BCUT2D eigenvalue weighted by atomic mass is 16.2. The van der Waals surface area contributed by atoms with Gasteiger partial charge in [-0.25, -0.2) is 4.98 Å². The molecule has 0 bridgehead atoms. The Kier molecular flexibility index (Phi) is 6.52. The maximum Gasteiger partial charge on any atom is 0.270 e. The van der Waals surface area contributed by atoms with Crippen molar-refractivity contribution >= 4 is 22.8 Å². The molecule has 0 aliphatic heterocycles. The second-order valence-electron chi connectivity index (χ2n) is 6.38. The summed E-state index contributed by atoms with van der Waals surface area (Å²) in [4.78, 5) is 35.5. The number of hydrogen-bond donors (Lipinski definition) is 1. The Hall–Kier alpha value is -3.74. The molecule has 0 aliphatic rings. The van der Waals surface area contributed by atoms with Crippen molar-refractivity contribution in [2.24, 2.45) is 0 Å². The average molecular weight is 389 g/mol. The third-order valence-corrected chi connectivity index (χ3v) is 4.38. The van der Waals surface area contributed by atoms with Crippen LogP contribution in [0.3, 0.4) is 0 Å². The van der Waals surface area contributed by atoms with Gasteiger partial charge in [-0.2, -0.15) is 0 Å². The second kappa shape index (κ2) is 9.45. The first-order valence-electron chi connectivity index (χ1n) is 9.27. The standard InChI is InChI=1S/C22H23N5O2/c1-3-13-26(14-4-2)21(28)16-27-19-11-6-5-9-17(19)25-20(27)15-24-22(29)18-10-7-8-12-23-18/h3-12H,1-2,13-16H2,(H,24,29). The van der Waals surface area contributed by atoms with E-state index in [-0.39, 0.29) is 24.9 Å². The molecule has 0 saturated heterocycles. The summed E-state index contributed by atoms with van der Waals surface area (Å²) in [6.07, 6.45) is 4.93. The summed E-state index contributed by atoms with van der Waals surface area (Å²) in [5.74, 6) is 0.224. The van der Waals surface area contributed by atoms with E-state index in [0.29, 0.717) is 24.6 Å². The van der Waals surface area contributed by atoms with E-state index in [4.69, 9.17) is 0 Å². The highest BCUT2D eigenvalue weighted by Gasteiger charge is 2.18. The van der Waals surface area contributed by atoms with Gasteiger partial charge in [0.25, 0.3) is 5.91 Å². The van der Waals surface area contributed by atoms with Gasteiger partial charge in [-0.15, -0.1) is 13.2 Å². The molecule has 148 valence electrons. The number of rotatable bonds is 9. The predicted octanol–water partition coefficient (Wildman–Crippen LogP) is 2.56. The van der Waals surface area contributed by atoms with Crippen LogP contribution in [0.4, 0.5) is 0 Å². The zero-order valence-electron chi connectivity index (χ0n) is 16.1. The van der Waals surface area contributed by atoms with E-state index in [9.17, 15) is 9.59 Å². The molecule has 0 aliphatic carbocycles. The van der Waals surface area contributed by atoms with Crippen molar-refractivity contribution in [1.82, 2.24) is 24.8 Å². The molecular weight excluding hydrogens is 366 g/mol. The lowest BCUT2D eigenvalue weighted by Crippen LogP contribution is -2.35. The van der Waals surface area contributed by atoms with Crippen molar-refractivity contribution in [3.8, 4) is 0 Å². The molecule has 0 spiro atoms. The number of aromatic nitrogens is 3. The molecule has 0 fully saturated rings. The number of hydrogen-bond acceptors (Lipinski definition) is 4. The number of nitrogens with zero attached hydrogens (tertiary/aromatic N) is 4. The highest BCUT2D eigenvalue weighted by Crippen LogP contribution is 2.16. The first-order valence-corrected chi connectivity index (χ1v) is 9.27. The van der Waals surface area contributed by atoms with Gasteiger partial charge in [0.15, 0.2) is 0 Å². The van der Waals surface area contributed by atoms with Crippen LogP contribution >= 0.6 is 0 Å². The molecule has 2 heterocycles. The number of carbonyl (C=O) groups is 2. The van der Waals surface area contributed by atoms with Gasteiger partial charge >= 0.3 is 0 Å². The lowest BCUT2D eigenvalue weighted by atomic mass is 10.3. The lowest BCUT2D eigenvalue weighted by molar-refractivity contribution is -0.130. The van der Waals surface area contributed by atoms with Crippen LogP contribution in [0.15, 0.2) is 74.0 Å². The van der Waals surface area contributed by atoms with Crippen LogP contribution < -0.4 is 5.32 Å².